The van der Waals surface area contributed by atoms with E-state index in [4.69, 9.17) is 5.73 Å². The van der Waals surface area contributed by atoms with E-state index in [0.717, 1.165) is 25.9 Å². The Labute approximate surface area is 121 Å². The van der Waals surface area contributed by atoms with Crippen LogP contribution in [0.25, 0.3) is 0 Å². The highest BCUT2D eigenvalue weighted by Gasteiger charge is 2.30. The van der Waals surface area contributed by atoms with Gasteiger partial charge in [-0.15, -0.1) is 0 Å². The second kappa shape index (κ2) is 5.71. The molecule has 1 aliphatic rings. The second-order valence-corrected chi connectivity index (χ2v) is 7.78. The number of hydrogen-bond donors (Lipinski definition) is 2. The quantitative estimate of drug-likeness (QED) is 0.821. The smallest absolute Gasteiger partial charge is 0.240 e. The van der Waals surface area contributed by atoms with Crippen molar-refractivity contribution >= 4 is 15.7 Å². The molecule has 0 bridgehead atoms. The predicted octanol–water partition coefficient (Wildman–Crippen LogP) is 1.28. The molecule has 1 aromatic carbocycles. The zero-order chi connectivity index (χ0) is 14.8. The van der Waals surface area contributed by atoms with Crippen LogP contribution >= 0.6 is 0 Å². The van der Waals surface area contributed by atoms with Crippen molar-refractivity contribution in [1.82, 2.24) is 9.62 Å². The molecule has 0 radical (unpaired) electrons. The minimum absolute atomic E-state index is 0.0277. The van der Waals surface area contributed by atoms with Crippen LogP contribution < -0.4 is 10.5 Å². The molecule has 0 saturated carbocycles. The number of rotatable bonds is 4. The van der Waals surface area contributed by atoms with Crippen molar-refractivity contribution in [1.29, 1.82) is 0 Å². The fourth-order valence-electron chi connectivity index (χ4n) is 2.37. The van der Waals surface area contributed by atoms with E-state index in [1.54, 1.807) is 18.2 Å². The van der Waals surface area contributed by atoms with Crippen LogP contribution in [-0.2, 0) is 10.0 Å². The third-order valence-corrected chi connectivity index (χ3v) is 5.45. The molecule has 112 valence electrons. The van der Waals surface area contributed by atoms with E-state index in [1.165, 1.54) is 6.07 Å². The van der Waals surface area contributed by atoms with Crippen LogP contribution in [0.15, 0.2) is 29.2 Å². The Kier molecular flexibility index (Phi) is 4.36. The number of piperidine rings is 1. The molecule has 2 rings (SSSR count). The minimum Gasteiger partial charge on any atom is -0.399 e. The first kappa shape index (κ1) is 15.3. The third-order valence-electron chi connectivity index (χ3n) is 4.05. The van der Waals surface area contributed by atoms with Gasteiger partial charge in [0.15, 0.2) is 0 Å². The van der Waals surface area contributed by atoms with E-state index in [2.05, 4.69) is 23.6 Å². The van der Waals surface area contributed by atoms with Gasteiger partial charge in [0.05, 0.1) is 4.90 Å². The molecule has 5 nitrogen and oxygen atoms in total. The van der Waals surface area contributed by atoms with Gasteiger partial charge in [-0.05, 0) is 56.6 Å². The molecule has 0 atom stereocenters. The Hall–Kier alpha value is -1.11. The number of nitrogens with zero attached hydrogens (tertiary/aromatic N) is 1. The number of nitrogens with two attached hydrogens (primary N) is 1. The van der Waals surface area contributed by atoms with Gasteiger partial charge in [-0.2, -0.15) is 0 Å². The number of anilines is 1. The zero-order valence-corrected chi connectivity index (χ0v) is 12.9. The van der Waals surface area contributed by atoms with Crippen LogP contribution in [-0.4, -0.2) is 40.0 Å². The molecule has 1 saturated heterocycles. The molecule has 3 N–H and O–H groups in total. The molecule has 6 heteroatoms. The van der Waals surface area contributed by atoms with E-state index in [9.17, 15) is 8.42 Å². The Morgan fingerprint density at radius 1 is 1.35 bits per heavy atom. The predicted molar refractivity (Wildman–Crippen MR) is 80.9 cm³/mol. The Morgan fingerprint density at radius 3 is 2.60 bits per heavy atom. The molecule has 0 unspecified atom stereocenters. The Balaban J connectivity index is 2.03. The Morgan fingerprint density at radius 2 is 2.00 bits per heavy atom. The topological polar surface area (TPSA) is 75.4 Å². The number of sulfonamides is 1. The lowest BCUT2D eigenvalue weighted by Gasteiger charge is -2.37. The lowest BCUT2D eigenvalue weighted by molar-refractivity contribution is 0.143. The van der Waals surface area contributed by atoms with Gasteiger partial charge in [-0.1, -0.05) is 13.0 Å². The van der Waals surface area contributed by atoms with E-state index in [-0.39, 0.29) is 10.3 Å². The van der Waals surface area contributed by atoms with Crippen molar-refractivity contribution < 1.29 is 8.42 Å². The van der Waals surface area contributed by atoms with Crippen molar-refractivity contribution in [2.45, 2.75) is 24.7 Å². The molecule has 1 fully saturated rings. The van der Waals surface area contributed by atoms with Gasteiger partial charge >= 0.3 is 0 Å². The average molecular weight is 297 g/mol. The second-order valence-electron chi connectivity index (χ2n) is 6.01. The molecule has 0 spiro atoms. The number of nitrogens with one attached hydrogen (secondary N) is 1. The van der Waals surface area contributed by atoms with E-state index in [1.807, 2.05) is 0 Å². The van der Waals surface area contributed by atoms with Crippen molar-refractivity contribution in [2.75, 3.05) is 32.4 Å². The van der Waals surface area contributed by atoms with E-state index < -0.39 is 10.0 Å². The fraction of sp³-hybridized carbons (Fsp3) is 0.571. The van der Waals surface area contributed by atoms with Gasteiger partial charge < -0.3 is 10.6 Å². The molecule has 0 aliphatic carbocycles. The minimum atomic E-state index is -3.48. The zero-order valence-electron chi connectivity index (χ0n) is 12.1. The first-order valence-electron chi connectivity index (χ1n) is 6.85. The summed E-state index contributed by atoms with van der Waals surface area (Å²) in [5.41, 5.74) is 6.12. The third kappa shape index (κ3) is 3.71. The highest BCUT2D eigenvalue weighted by atomic mass is 32.2. The molecule has 20 heavy (non-hydrogen) atoms. The molecular weight excluding hydrogens is 274 g/mol. The largest absolute Gasteiger partial charge is 0.399 e. The van der Waals surface area contributed by atoms with Crippen molar-refractivity contribution in [2.24, 2.45) is 5.41 Å². The van der Waals surface area contributed by atoms with Gasteiger partial charge in [0.2, 0.25) is 10.0 Å². The highest BCUT2D eigenvalue weighted by Crippen LogP contribution is 2.30. The number of benzene rings is 1. The van der Waals surface area contributed by atoms with Gasteiger partial charge in [-0.25, -0.2) is 13.1 Å². The monoisotopic (exact) mass is 297 g/mol. The van der Waals surface area contributed by atoms with Gasteiger partial charge in [0.1, 0.15) is 0 Å². The lowest BCUT2D eigenvalue weighted by Crippen LogP contribution is -2.43. The molecule has 1 aliphatic heterocycles. The lowest BCUT2D eigenvalue weighted by atomic mass is 9.81. The van der Waals surface area contributed by atoms with Crippen LogP contribution in [0.1, 0.15) is 19.8 Å². The van der Waals surface area contributed by atoms with Gasteiger partial charge in [0.25, 0.3) is 0 Å². The van der Waals surface area contributed by atoms with Crippen molar-refractivity contribution in [3.8, 4) is 0 Å². The van der Waals surface area contributed by atoms with Gasteiger partial charge in [0, 0.05) is 12.2 Å². The Bertz CT molecular complexity index is 564. The molecular formula is C14H23N3O2S. The normalized spacial score (nSPS) is 19.9. The first-order chi connectivity index (χ1) is 9.31. The fourth-order valence-corrected chi connectivity index (χ4v) is 3.62. The molecule has 0 aromatic heterocycles. The summed E-state index contributed by atoms with van der Waals surface area (Å²) in [4.78, 5) is 2.50. The number of hydrogen-bond acceptors (Lipinski definition) is 4. The maximum absolute atomic E-state index is 12.3. The van der Waals surface area contributed by atoms with Crippen molar-refractivity contribution in [3.05, 3.63) is 24.3 Å². The van der Waals surface area contributed by atoms with Crippen LogP contribution in [0, 0.1) is 5.41 Å². The van der Waals surface area contributed by atoms with Crippen LogP contribution in [0.3, 0.4) is 0 Å². The molecule has 1 heterocycles. The highest BCUT2D eigenvalue weighted by molar-refractivity contribution is 7.89. The van der Waals surface area contributed by atoms with E-state index >= 15 is 0 Å². The number of nitrogen functional groups attached to an aromatic ring is 1. The standard InChI is InChI=1S/C14H23N3O2S/c1-14(6-8-17(2)9-7-14)11-16-20(18,19)13-5-3-4-12(15)10-13/h3-5,10,16H,6-9,11,15H2,1-2H3. The average Bonchev–Trinajstić information content (AvgIpc) is 2.41. The summed E-state index contributed by atoms with van der Waals surface area (Å²) < 4.78 is 27.2. The molecule has 0 amide bonds. The summed E-state index contributed by atoms with van der Waals surface area (Å²) >= 11 is 0. The summed E-state index contributed by atoms with van der Waals surface area (Å²) in [6, 6.07) is 6.38. The first-order valence-corrected chi connectivity index (χ1v) is 8.33. The summed E-state index contributed by atoms with van der Waals surface area (Å²) in [6.07, 6.45) is 2.01. The number of likely N-dealkylation sites (tertiary alicyclic amines) is 1. The summed E-state index contributed by atoms with van der Waals surface area (Å²) in [5, 5.41) is 0. The maximum atomic E-state index is 12.3. The van der Waals surface area contributed by atoms with Gasteiger partial charge in [-0.3, -0.25) is 0 Å². The summed E-state index contributed by atoms with van der Waals surface area (Å²) in [7, 11) is -1.38. The molecule has 1 aromatic rings. The maximum Gasteiger partial charge on any atom is 0.240 e. The SMILES string of the molecule is CN1CCC(C)(CNS(=O)(=O)c2cccc(N)c2)CC1. The van der Waals surface area contributed by atoms with Crippen molar-refractivity contribution in [3.63, 3.8) is 0 Å². The van der Waals surface area contributed by atoms with E-state index in [0.29, 0.717) is 12.2 Å². The van der Waals surface area contributed by atoms with Crippen LogP contribution in [0.5, 0.6) is 0 Å². The van der Waals surface area contributed by atoms with Crippen LogP contribution in [0.4, 0.5) is 5.69 Å². The van der Waals surface area contributed by atoms with Crippen LogP contribution in [0.2, 0.25) is 0 Å². The summed E-state index contributed by atoms with van der Waals surface area (Å²) in [5.74, 6) is 0. The summed E-state index contributed by atoms with van der Waals surface area (Å²) in [6.45, 7) is 4.63.